The SMILES string of the molecule is CCOC(=O)c1cnc2c(Cl)cccc2c1Nc1cccc(Cl)c1Cl. The highest BCUT2D eigenvalue weighted by Gasteiger charge is 2.19. The molecule has 0 unspecified atom stereocenters. The summed E-state index contributed by atoms with van der Waals surface area (Å²) in [5.74, 6) is -0.488. The Balaban J connectivity index is 2.22. The molecule has 4 nitrogen and oxygen atoms in total. The van der Waals surface area contributed by atoms with Crippen LogP contribution in [0, 0.1) is 0 Å². The topological polar surface area (TPSA) is 51.2 Å². The fourth-order valence-electron chi connectivity index (χ4n) is 2.42. The first kappa shape index (κ1) is 17.8. The maximum Gasteiger partial charge on any atom is 0.341 e. The van der Waals surface area contributed by atoms with E-state index >= 15 is 0 Å². The average molecular weight is 396 g/mol. The van der Waals surface area contributed by atoms with Crippen LogP contribution >= 0.6 is 34.8 Å². The van der Waals surface area contributed by atoms with Gasteiger partial charge in [-0.05, 0) is 25.1 Å². The number of pyridine rings is 1. The van der Waals surface area contributed by atoms with E-state index in [9.17, 15) is 4.79 Å². The highest BCUT2D eigenvalue weighted by molar-refractivity contribution is 6.43. The Bertz CT molecular complexity index is 960. The molecule has 0 amide bonds. The number of para-hydroxylation sites is 1. The van der Waals surface area contributed by atoms with Crippen LogP contribution < -0.4 is 5.32 Å². The predicted molar refractivity (Wildman–Crippen MR) is 102 cm³/mol. The Morgan fingerprint density at radius 3 is 2.60 bits per heavy atom. The molecule has 0 aliphatic heterocycles. The molecule has 0 fully saturated rings. The molecule has 25 heavy (non-hydrogen) atoms. The van der Waals surface area contributed by atoms with Gasteiger partial charge in [-0.15, -0.1) is 0 Å². The number of hydrogen-bond acceptors (Lipinski definition) is 4. The zero-order valence-corrected chi connectivity index (χ0v) is 15.4. The van der Waals surface area contributed by atoms with Crippen molar-refractivity contribution in [1.82, 2.24) is 4.98 Å². The summed E-state index contributed by atoms with van der Waals surface area (Å²) in [6.07, 6.45) is 1.44. The number of halogens is 3. The molecule has 0 spiro atoms. The summed E-state index contributed by atoms with van der Waals surface area (Å²) in [5.41, 5.74) is 1.92. The highest BCUT2D eigenvalue weighted by atomic mass is 35.5. The van der Waals surface area contributed by atoms with Gasteiger partial charge in [0.25, 0.3) is 0 Å². The van der Waals surface area contributed by atoms with Gasteiger partial charge in [-0.1, -0.05) is 53.0 Å². The smallest absolute Gasteiger partial charge is 0.341 e. The van der Waals surface area contributed by atoms with Crippen LogP contribution in [0.15, 0.2) is 42.6 Å². The van der Waals surface area contributed by atoms with Crippen LogP contribution in [0.25, 0.3) is 10.9 Å². The van der Waals surface area contributed by atoms with Gasteiger partial charge in [0.15, 0.2) is 0 Å². The third-order valence-electron chi connectivity index (χ3n) is 3.55. The number of carbonyl (C=O) groups is 1. The number of aromatic nitrogens is 1. The molecule has 0 bridgehead atoms. The fraction of sp³-hybridized carbons (Fsp3) is 0.111. The Labute approximate surface area is 159 Å². The van der Waals surface area contributed by atoms with E-state index in [4.69, 9.17) is 39.5 Å². The summed E-state index contributed by atoms with van der Waals surface area (Å²) in [6, 6.07) is 10.5. The van der Waals surface area contributed by atoms with Crippen LogP contribution in [0.3, 0.4) is 0 Å². The summed E-state index contributed by atoms with van der Waals surface area (Å²) in [6.45, 7) is 1.99. The monoisotopic (exact) mass is 394 g/mol. The van der Waals surface area contributed by atoms with E-state index in [-0.39, 0.29) is 12.2 Å². The number of nitrogens with one attached hydrogen (secondary N) is 1. The second-order valence-corrected chi connectivity index (χ2v) is 6.32. The number of esters is 1. The zero-order chi connectivity index (χ0) is 18.0. The predicted octanol–water partition coefficient (Wildman–Crippen LogP) is 6.12. The standard InChI is InChI=1S/C18H13Cl3N2O2/c1-2-25-18(24)11-9-22-17-10(5-3-7-13(17)20)16(11)23-14-8-4-6-12(19)15(14)21/h3-9H,2H2,1H3,(H,22,23). The Hall–Kier alpha value is -2.01. The molecule has 0 saturated heterocycles. The molecule has 0 aliphatic rings. The fourth-order valence-corrected chi connectivity index (χ4v) is 2.99. The van der Waals surface area contributed by atoms with E-state index in [2.05, 4.69) is 10.3 Å². The van der Waals surface area contributed by atoms with Gasteiger partial charge in [-0.3, -0.25) is 4.98 Å². The number of fused-ring (bicyclic) bond motifs is 1. The van der Waals surface area contributed by atoms with Crippen LogP contribution in [-0.2, 0) is 4.74 Å². The first-order valence-electron chi connectivity index (χ1n) is 7.48. The van der Waals surface area contributed by atoms with E-state index in [0.717, 1.165) is 0 Å². The van der Waals surface area contributed by atoms with Crippen LogP contribution in [0.4, 0.5) is 11.4 Å². The summed E-state index contributed by atoms with van der Waals surface area (Å²) < 4.78 is 5.13. The third-order valence-corrected chi connectivity index (χ3v) is 4.68. The lowest BCUT2D eigenvalue weighted by molar-refractivity contribution is 0.0527. The van der Waals surface area contributed by atoms with E-state index < -0.39 is 5.97 Å². The lowest BCUT2D eigenvalue weighted by atomic mass is 10.1. The number of carbonyl (C=O) groups excluding carboxylic acids is 1. The quantitative estimate of drug-likeness (QED) is 0.541. The molecule has 2 aromatic carbocycles. The van der Waals surface area contributed by atoms with E-state index in [1.54, 1.807) is 37.3 Å². The molecule has 0 radical (unpaired) electrons. The largest absolute Gasteiger partial charge is 0.462 e. The number of nitrogens with zero attached hydrogens (tertiary/aromatic N) is 1. The van der Waals surface area contributed by atoms with Gasteiger partial charge >= 0.3 is 5.97 Å². The van der Waals surface area contributed by atoms with Gasteiger partial charge in [0.05, 0.1) is 38.6 Å². The lowest BCUT2D eigenvalue weighted by Gasteiger charge is -2.15. The molecule has 0 atom stereocenters. The van der Waals surface area contributed by atoms with Crippen molar-refractivity contribution in [2.24, 2.45) is 0 Å². The average Bonchev–Trinajstić information content (AvgIpc) is 2.60. The van der Waals surface area contributed by atoms with Crippen molar-refractivity contribution in [3.05, 3.63) is 63.2 Å². The Morgan fingerprint density at radius 2 is 1.84 bits per heavy atom. The molecule has 0 saturated carbocycles. The van der Waals surface area contributed by atoms with Gasteiger partial charge < -0.3 is 10.1 Å². The lowest BCUT2D eigenvalue weighted by Crippen LogP contribution is -2.09. The number of rotatable bonds is 4. The van der Waals surface area contributed by atoms with Crippen molar-refractivity contribution >= 4 is 63.0 Å². The van der Waals surface area contributed by atoms with Crippen molar-refractivity contribution in [3.63, 3.8) is 0 Å². The number of hydrogen-bond donors (Lipinski definition) is 1. The second kappa shape index (κ2) is 7.48. The molecule has 7 heteroatoms. The molecular formula is C18H13Cl3N2O2. The zero-order valence-electron chi connectivity index (χ0n) is 13.1. The van der Waals surface area contributed by atoms with E-state index in [1.807, 2.05) is 6.07 Å². The minimum Gasteiger partial charge on any atom is -0.462 e. The van der Waals surface area contributed by atoms with Gasteiger partial charge in [-0.2, -0.15) is 0 Å². The van der Waals surface area contributed by atoms with E-state index in [0.29, 0.717) is 37.3 Å². The number of anilines is 2. The number of ether oxygens (including phenoxy) is 1. The van der Waals surface area contributed by atoms with Crippen molar-refractivity contribution in [2.75, 3.05) is 11.9 Å². The Kier molecular flexibility index (Phi) is 5.33. The van der Waals surface area contributed by atoms with Crippen molar-refractivity contribution in [3.8, 4) is 0 Å². The molecule has 1 heterocycles. The second-order valence-electron chi connectivity index (χ2n) is 5.13. The van der Waals surface area contributed by atoms with Crippen LogP contribution in [0.5, 0.6) is 0 Å². The van der Waals surface area contributed by atoms with Crippen molar-refractivity contribution < 1.29 is 9.53 Å². The van der Waals surface area contributed by atoms with Crippen molar-refractivity contribution in [1.29, 1.82) is 0 Å². The van der Waals surface area contributed by atoms with Gasteiger partial charge in [-0.25, -0.2) is 4.79 Å². The molecular weight excluding hydrogens is 383 g/mol. The normalized spacial score (nSPS) is 10.7. The maximum absolute atomic E-state index is 12.3. The van der Waals surface area contributed by atoms with E-state index in [1.165, 1.54) is 6.20 Å². The summed E-state index contributed by atoms with van der Waals surface area (Å²) in [7, 11) is 0. The first-order valence-corrected chi connectivity index (χ1v) is 8.61. The maximum atomic E-state index is 12.3. The summed E-state index contributed by atoms with van der Waals surface area (Å²) in [5, 5.41) is 5.09. The molecule has 3 rings (SSSR count). The van der Waals surface area contributed by atoms with Gasteiger partial charge in [0, 0.05) is 11.6 Å². The third kappa shape index (κ3) is 3.52. The van der Waals surface area contributed by atoms with Gasteiger partial charge in [0.1, 0.15) is 5.56 Å². The molecule has 1 aromatic heterocycles. The molecule has 1 N–H and O–H groups in total. The highest BCUT2D eigenvalue weighted by Crippen LogP contribution is 2.36. The summed E-state index contributed by atoms with van der Waals surface area (Å²) >= 11 is 18.6. The van der Waals surface area contributed by atoms with Crippen LogP contribution in [0.1, 0.15) is 17.3 Å². The minimum atomic E-state index is -0.488. The number of benzene rings is 2. The minimum absolute atomic E-state index is 0.254. The first-order chi connectivity index (χ1) is 12.0. The molecule has 3 aromatic rings. The van der Waals surface area contributed by atoms with Crippen LogP contribution in [-0.4, -0.2) is 17.6 Å². The molecule has 128 valence electrons. The summed E-state index contributed by atoms with van der Waals surface area (Å²) in [4.78, 5) is 16.6. The van der Waals surface area contributed by atoms with Gasteiger partial charge in [0.2, 0.25) is 0 Å². The van der Waals surface area contributed by atoms with Crippen molar-refractivity contribution in [2.45, 2.75) is 6.92 Å². The van der Waals surface area contributed by atoms with Crippen LogP contribution in [0.2, 0.25) is 15.1 Å². The molecule has 0 aliphatic carbocycles. The Morgan fingerprint density at radius 1 is 1.12 bits per heavy atom.